The summed E-state index contributed by atoms with van der Waals surface area (Å²) < 4.78 is 4.88. The van der Waals surface area contributed by atoms with Gasteiger partial charge in [-0.25, -0.2) is 0 Å². The molecule has 2 aromatic heterocycles. The molecule has 0 spiro atoms. The highest BCUT2D eigenvalue weighted by Gasteiger charge is 2.31. The summed E-state index contributed by atoms with van der Waals surface area (Å²) in [6, 6.07) is 106. The summed E-state index contributed by atoms with van der Waals surface area (Å²) in [7, 11) is 0. The molecule has 2 heterocycles. The normalized spacial score (nSPS) is 12.9. The number of rotatable bonds is 8. The quantitative estimate of drug-likeness (QED) is 0.144. The number of aromatic nitrogens is 2. The van der Waals surface area contributed by atoms with E-state index < -0.39 is 0 Å². The lowest BCUT2D eigenvalue weighted by atomic mass is 9.85. The van der Waals surface area contributed by atoms with Gasteiger partial charge in [0.15, 0.2) is 0 Å². The second-order valence-corrected chi connectivity index (χ2v) is 20.0. The van der Waals surface area contributed by atoms with Gasteiger partial charge in [-0.2, -0.15) is 0 Å². The largest absolute Gasteiger partial charge is 0.309 e. The van der Waals surface area contributed by atoms with E-state index in [2.05, 4.69) is 294 Å². The molecule has 12 aromatic carbocycles. The van der Waals surface area contributed by atoms with Crippen LogP contribution in [0.15, 0.2) is 285 Å². The number of hydrogen-bond donors (Lipinski definition) is 0. The van der Waals surface area contributed by atoms with E-state index in [0.717, 1.165) is 11.4 Å². The molecule has 2 nitrogen and oxygen atoms in total. The van der Waals surface area contributed by atoms with Crippen molar-refractivity contribution < 1.29 is 0 Å². The molecule has 1 unspecified atom stereocenters. The Balaban J connectivity index is 0.896. The van der Waals surface area contributed by atoms with Crippen molar-refractivity contribution in [1.29, 1.82) is 0 Å². The zero-order chi connectivity index (χ0) is 49.4. The standard InChI is InChI=1S/C73H48N2/c1-4-19-48(20-5-1)52-36-38-72-68(47-52)64-30-14-17-34-71(64)75(72)60-44-56(50-23-8-3-9-24-50)40-57(45-60)55-39-54(49-21-6-2-7-22-49)41-58(42-55)73-65-31-11-10-27-61(65)67-46-53(35-37-66(67)73)51-25-18-26-59(43-51)74-69-32-15-12-28-62(69)63-29-13-16-33-70(63)74/h1-47,73H. The summed E-state index contributed by atoms with van der Waals surface area (Å²) in [5.41, 5.74) is 25.5. The average Bonchev–Trinajstić information content (AvgIpc) is 4.13. The molecule has 350 valence electrons. The van der Waals surface area contributed by atoms with Crippen molar-refractivity contribution in [1.82, 2.24) is 9.13 Å². The second-order valence-electron chi connectivity index (χ2n) is 20.0. The molecule has 1 aliphatic rings. The van der Waals surface area contributed by atoms with Gasteiger partial charge in [-0.1, -0.05) is 212 Å². The Kier molecular flexibility index (Phi) is 9.99. The van der Waals surface area contributed by atoms with Crippen LogP contribution in [-0.4, -0.2) is 9.13 Å². The molecule has 1 atom stereocenters. The first-order chi connectivity index (χ1) is 37.2. The highest BCUT2D eigenvalue weighted by atomic mass is 15.0. The minimum Gasteiger partial charge on any atom is -0.309 e. The average molecular weight is 953 g/mol. The maximum Gasteiger partial charge on any atom is 0.0541 e. The summed E-state index contributed by atoms with van der Waals surface area (Å²) in [6.45, 7) is 0. The Morgan fingerprint density at radius 2 is 0.627 bits per heavy atom. The summed E-state index contributed by atoms with van der Waals surface area (Å²) in [5, 5.41) is 5.01. The highest BCUT2D eigenvalue weighted by Crippen LogP contribution is 2.51. The molecule has 0 saturated carbocycles. The van der Waals surface area contributed by atoms with E-state index in [0.29, 0.717) is 0 Å². The van der Waals surface area contributed by atoms with E-state index in [1.165, 1.54) is 127 Å². The van der Waals surface area contributed by atoms with Gasteiger partial charge in [0.05, 0.1) is 22.1 Å². The van der Waals surface area contributed by atoms with Crippen LogP contribution >= 0.6 is 0 Å². The van der Waals surface area contributed by atoms with Crippen LogP contribution in [0.3, 0.4) is 0 Å². The topological polar surface area (TPSA) is 9.86 Å². The molecule has 1 aliphatic carbocycles. The molecule has 0 radical (unpaired) electrons. The summed E-state index contributed by atoms with van der Waals surface area (Å²) in [5.74, 6) is 0.0320. The van der Waals surface area contributed by atoms with E-state index in [-0.39, 0.29) is 5.92 Å². The third-order valence-electron chi connectivity index (χ3n) is 15.7. The van der Waals surface area contributed by atoms with Crippen LogP contribution in [0.25, 0.3) is 122 Å². The summed E-state index contributed by atoms with van der Waals surface area (Å²) in [6.07, 6.45) is 0. The van der Waals surface area contributed by atoms with Gasteiger partial charge in [-0.05, 0) is 156 Å². The fourth-order valence-electron chi connectivity index (χ4n) is 12.3. The van der Waals surface area contributed by atoms with Gasteiger partial charge in [0, 0.05) is 38.8 Å². The maximum atomic E-state index is 2.47. The molecule has 14 aromatic rings. The first-order valence-corrected chi connectivity index (χ1v) is 26.0. The molecular formula is C73H48N2. The molecule has 75 heavy (non-hydrogen) atoms. The van der Waals surface area contributed by atoms with E-state index in [9.17, 15) is 0 Å². The van der Waals surface area contributed by atoms with Crippen LogP contribution in [0.5, 0.6) is 0 Å². The molecular weight excluding hydrogens is 905 g/mol. The van der Waals surface area contributed by atoms with Crippen LogP contribution < -0.4 is 0 Å². The minimum absolute atomic E-state index is 0.0320. The van der Waals surface area contributed by atoms with E-state index >= 15 is 0 Å². The second kappa shape index (κ2) is 17.5. The van der Waals surface area contributed by atoms with Gasteiger partial charge >= 0.3 is 0 Å². The third kappa shape index (κ3) is 7.17. The molecule has 0 N–H and O–H groups in total. The fraction of sp³-hybridized carbons (Fsp3) is 0.0137. The molecule has 2 heteroatoms. The zero-order valence-corrected chi connectivity index (χ0v) is 41.1. The number of nitrogens with zero attached hydrogens (tertiary/aromatic N) is 2. The van der Waals surface area contributed by atoms with E-state index in [1.54, 1.807) is 0 Å². The number of benzene rings is 12. The molecule has 0 fully saturated rings. The maximum absolute atomic E-state index is 2.47. The molecule has 0 aliphatic heterocycles. The SMILES string of the molecule is c1ccc(-c2cc(-c3cc(-c4ccccc4)cc(-n4c5ccccc5c5cc(-c6ccccc6)ccc54)c3)cc(C3c4ccccc4-c4cc(-c5cccc(-n6c7ccccc7c7ccccc76)c5)ccc43)c2)cc1. The summed E-state index contributed by atoms with van der Waals surface area (Å²) in [4.78, 5) is 0. The Bertz CT molecular complexity index is 4470. The lowest BCUT2D eigenvalue weighted by Gasteiger charge is -2.19. The number of para-hydroxylation sites is 3. The van der Waals surface area contributed by atoms with Crippen molar-refractivity contribution in [2.45, 2.75) is 5.92 Å². The Morgan fingerprint density at radius 1 is 0.213 bits per heavy atom. The first kappa shape index (κ1) is 42.9. The fourth-order valence-corrected chi connectivity index (χ4v) is 12.3. The Morgan fingerprint density at radius 3 is 1.27 bits per heavy atom. The van der Waals surface area contributed by atoms with Crippen molar-refractivity contribution in [2.24, 2.45) is 0 Å². The number of hydrogen-bond acceptors (Lipinski definition) is 0. The highest BCUT2D eigenvalue weighted by molar-refractivity contribution is 6.11. The van der Waals surface area contributed by atoms with Gasteiger partial charge in [-0.15, -0.1) is 0 Å². The monoisotopic (exact) mass is 952 g/mol. The molecule has 0 amide bonds. The van der Waals surface area contributed by atoms with Crippen LogP contribution in [0.1, 0.15) is 22.6 Å². The third-order valence-corrected chi connectivity index (χ3v) is 15.7. The van der Waals surface area contributed by atoms with Crippen LogP contribution in [0, 0.1) is 0 Å². The van der Waals surface area contributed by atoms with Crippen LogP contribution in [0.4, 0.5) is 0 Å². The van der Waals surface area contributed by atoms with Crippen LogP contribution in [-0.2, 0) is 0 Å². The van der Waals surface area contributed by atoms with Gasteiger partial charge in [0.2, 0.25) is 0 Å². The van der Waals surface area contributed by atoms with Gasteiger partial charge in [0.1, 0.15) is 0 Å². The minimum atomic E-state index is 0.0320. The predicted octanol–water partition coefficient (Wildman–Crippen LogP) is 19.4. The van der Waals surface area contributed by atoms with E-state index in [1.807, 2.05) is 0 Å². The smallest absolute Gasteiger partial charge is 0.0541 e. The lowest BCUT2D eigenvalue weighted by Crippen LogP contribution is -2.01. The Hall–Kier alpha value is -9.76. The summed E-state index contributed by atoms with van der Waals surface area (Å²) >= 11 is 0. The van der Waals surface area contributed by atoms with Crippen molar-refractivity contribution in [3.05, 3.63) is 302 Å². The van der Waals surface area contributed by atoms with Crippen molar-refractivity contribution in [3.8, 4) is 78.1 Å². The van der Waals surface area contributed by atoms with Crippen LogP contribution in [0.2, 0.25) is 0 Å². The van der Waals surface area contributed by atoms with E-state index in [4.69, 9.17) is 0 Å². The molecule has 0 saturated heterocycles. The van der Waals surface area contributed by atoms with Crippen molar-refractivity contribution >= 4 is 43.6 Å². The van der Waals surface area contributed by atoms with Gasteiger partial charge in [0.25, 0.3) is 0 Å². The number of fused-ring (bicyclic) bond motifs is 9. The Labute approximate surface area is 436 Å². The first-order valence-electron chi connectivity index (χ1n) is 26.0. The lowest BCUT2D eigenvalue weighted by molar-refractivity contribution is 1.02. The van der Waals surface area contributed by atoms with Crippen molar-refractivity contribution in [3.63, 3.8) is 0 Å². The van der Waals surface area contributed by atoms with Gasteiger partial charge < -0.3 is 9.13 Å². The van der Waals surface area contributed by atoms with Crippen molar-refractivity contribution in [2.75, 3.05) is 0 Å². The zero-order valence-electron chi connectivity index (χ0n) is 41.1. The molecule has 0 bridgehead atoms. The predicted molar refractivity (Wildman–Crippen MR) is 315 cm³/mol. The van der Waals surface area contributed by atoms with Gasteiger partial charge in [-0.3, -0.25) is 0 Å². The molecule has 15 rings (SSSR count).